The van der Waals surface area contributed by atoms with Crippen LogP contribution in [0.25, 0.3) is 11.3 Å². The molecule has 2 N–H and O–H groups in total. The summed E-state index contributed by atoms with van der Waals surface area (Å²) < 4.78 is 1.77. The summed E-state index contributed by atoms with van der Waals surface area (Å²) in [5.41, 5.74) is 5.34. The first-order valence-electron chi connectivity index (χ1n) is 10.7. The van der Waals surface area contributed by atoms with Crippen LogP contribution in [0.15, 0.2) is 54.7 Å². The van der Waals surface area contributed by atoms with Crippen molar-refractivity contribution in [3.8, 4) is 11.3 Å². The predicted octanol–water partition coefficient (Wildman–Crippen LogP) is 3.86. The molecule has 31 heavy (non-hydrogen) atoms. The highest BCUT2D eigenvalue weighted by Gasteiger charge is 2.22. The standard InChI is InChI=1S/C25H30N4O2/c1-5-14-26-24(30)19(4)27-25(31)22-16-29(15-20-10-6-17(2)7-11-20)28-23(22)21-12-8-18(3)9-13-21/h6-13,16,19H,5,14-15H2,1-4H3,(H,26,30)(H,27,31)/t19-/m0/s1. The van der Waals surface area contributed by atoms with Crippen LogP contribution in [-0.2, 0) is 11.3 Å². The molecule has 162 valence electrons. The second-order valence-corrected chi connectivity index (χ2v) is 7.93. The Hall–Kier alpha value is -3.41. The van der Waals surface area contributed by atoms with Gasteiger partial charge in [-0.3, -0.25) is 14.3 Å². The summed E-state index contributed by atoms with van der Waals surface area (Å²) >= 11 is 0. The van der Waals surface area contributed by atoms with Crippen molar-refractivity contribution in [1.29, 1.82) is 0 Å². The molecular formula is C25H30N4O2. The van der Waals surface area contributed by atoms with Crippen LogP contribution < -0.4 is 10.6 Å². The first-order valence-corrected chi connectivity index (χ1v) is 10.7. The number of amides is 2. The number of benzene rings is 2. The van der Waals surface area contributed by atoms with E-state index < -0.39 is 6.04 Å². The second-order valence-electron chi connectivity index (χ2n) is 7.93. The molecule has 0 spiro atoms. The Labute approximate surface area is 183 Å². The van der Waals surface area contributed by atoms with Crippen molar-refractivity contribution < 1.29 is 9.59 Å². The number of carbonyl (C=O) groups is 2. The Morgan fingerprint density at radius 1 is 1.00 bits per heavy atom. The van der Waals surface area contributed by atoms with Crippen molar-refractivity contribution >= 4 is 11.8 Å². The summed E-state index contributed by atoms with van der Waals surface area (Å²) in [4.78, 5) is 25.2. The van der Waals surface area contributed by atoms with Crippen molar-refractivity contribution in [2.75, 3.05) is 6.54 Å². The summed E-state index contributed by atoms with van der Waals surface area (Å²) in [5.74, 6) is -0.510. The molecule has 0 fully saturated rings. The van der Waals surface area contributed by atoms with Crippen molar-refractivity contribution in [2.45, 2.75) is 46.7 Å². The largest absolute Gasteiger partial charge is 0.354 e. The van der Waals surface area contributed by atoms with Crippen molar-refractivity contribution in [3.63, 3.8) is 0 Å². The molecule has 6 nitrogen and oxygen atoms in total. The maximum atomic E-state index is 13.1. The SMILES string of the molecule is CCCNC(=O)[C@H](C)NC(=O)c1cn(Cc2ccc(C)cc2)nc1-c1ccc(C)cc1. The molecular weight excluding hydrogens is 388 g/mol. The van der Waals surface area contributed by atoms with Gasteiger partial charge >= 0.3 is 0 Å². The van der Waals surface area contributed by atoms with Gasteiger partial charge < -0.3 is 10.6 Å². The van der Waals surface area contributed by atoms with Gasteiger partial charge in [-0.05, 0) is 32.8 Å². The van der Waals surface area contributed by atoms with Crippen LogP contribution >= 0.6 is 0 Å². The summed E-state index contributed by atoms with van der Waals surface area (Å²) in [6.45, 7) is 8.88. The van der Waals surface area contributed by atoms with Crippen molar-refractivity contribution in [2.24, 2.45) is 0 Å². The zero-order valence-corrected chi connectivity index (χ0v) is 18.6. The highest BCUT2D eigenvalue weighted by molar-refractivity contribution is 6.01. The van der Waals surface area contributed by atoms with Gasteiger partial charge in [0.05, 0.1) is 12.1 Å². The first-order chi connectivity index (χ1) is 14.9. The molecule has 2 amide bonds. The fourth-order valence-electron chi connectivity index (χ4n) is 3.21. The number of aromatic nitrogens is 2. The molecule has 0 saturated heterocycles. The van der Waals surface area contributed by atoms with Crippen LogP contribution in [0.4, 0.5) is 0 Å². The highest BCUT2D eigenvalue weighted by Crippen LogP contribution is 2.23. The van der Waals surface area contributed by atoms with Gasteiger partial charge in [0.15, 0.2) is 0 Å². The topological polar surface area (TPSA) is 76.0 Å². The van der Waals surface area contributed by atoms with E-state index in [1.807, 2.05) is 45.0 Å². The van der Waals surface area contributed by atoms with Crippen molar-refractivity contribution in [3.05, 3.63) is 77.0 Å². The molecule has 3 rings (SSSR count). The molecule has 3 aromatic rings. The van der Waals surface area contributed by atoms with Gasteiger partial charge in [-0.2, -0.15) is 5.10 Å². The molecule has 0 bridgehead atoms. The third-order valence-corrected chi connectivity index (χ3v) is 5.09. The third-order valence-electron chi connectivity index (χ3n) is 5.09. The van der Waals surface area contributed by atoms with Gasteiger partial charge in [-0.1, -0.05) is 66.6 Å². The molecule has 0 aliphatic rings. The maximum Gasteiger partial charge on any atom is 0.255 e. The Bertz CT molecular complexity index is 1040. The van der Waals surface area contributed by atoms with E-state index in [0.29, 0.717) is 24.3 Å². The fraction of sp³-hybridized carbons (Fsp3) is 0.320. The summed E-state index contributed by atoms with van der Waals surface area (Å²) in [6.07, 6.45) is 2.59. The van der Waals surface area contributed by atoms with Crippen LogP contribution in [0.3, 0.4) is 0 Å². The van der Waals surface area contributed by atoms with Crippen LogP contribution in [0, 0.1) is 13.8 Å². The molecule has 0 radical (unpaired) electrons. The minimum Gasteiger partial charge on any atom is -0.354 e. The number of aryl methyl sites for hydroxylation is 2. The normalized spacial score (nSPS) is 11.7. The lowest BCUT2D eigenvalue weighted by Gasteiger charge is -2.13. The quantitative estimate of drug-likeness (QED) is 0.583. The number of rotatable bonds is 8. The Morgan fingerprint density at radius 2 is 1.61 bits per heavy atom. The lowest BCUT2D eigenvalue weighted by molar-refractivity contribution is -0.122. The van der Waals surface area contributed by atoms with Gasteiger partial charge in [0, 0.05) is 18.3 Å². The molecule has 1 heterocycles. The molecule has 6 heteroatoms. The highest BCUT2D eigenvalue weighted by atomic mass is 16.2. The monoisotopic (exact) mass is 418 g/mol. The molecule has 0 aliphatic heterocycles. The van der Waals surface area contributed by atoms with Crippen molar-refractivity contribution in [1.82, 2.24) is 20.4 Å². The van der Waals surface area contributed by atoms with Gasteiger partial charge in [0.2, 0.25) is 5.91 Å². The third kappa shape index (κ3) is 5.81. The van der Waals surface area contributed by atoms with Crippen LogP contribution in [0.1, 0.15) is 47.3 Å². The van der Waals surface area contributed by atoms with Gasteiger partial charge in [-0.15, -0.1) is 0 Å². The lowest BCUT2D eigenvalue weighted by atomic mass is 10.1. The van der Waals surface area contributed by atoms with E-state index in [4.69, 9.17) is 5.10 Å². The predicted molar refractivity (Wildman–Crippen MR) is 123 cm³/mol. The van der Waals surface area contributed by atoms with E-state index in [2.05, 4.69) is 34.9 Å². The van der Waals surface area contributed by atoms with E-state index in [9.17, 15) is 9.59 Å². The first kappa shape index (κ1) is 22.3. The van der Waals surface area contributed by atoms with Crippen LogP contribution in [-0.4, -0.2) is 34.2 Å². The Morgan fingerprint density at radius 3 is 2.23 bits per heavy atom. The Kier molecular flexibility index (Phi) is 7.23. The van der Waals surface area contributed by atoms with Crippen LogP contribution in [0.5, 0.6) is 0 Å². The molecule has 0 unspecified atom stereocenters. The average molecular weight is 419 g/mol. The van der Waals surface area contributed by atoms with E-state index in [1.165, 1.54) is 5.56 Å². The van der Waals surface area contributed by atoms with Gasteiger partial charge in [-0.25, -0.2) is 0 Å². The second kappa shape index (κ2) is 10.1. The van der Waals surface area contributed by atoms with Gasteiger partial charge in [0.1, 0.15) is 11.7 Å². The molecule has 0 saturated carbocycles. The van der Waals surface area contributed by atoms with Crippen LogP contribution in [0.2, 0.25) is 0 Å². The molecule has 0 aliphatic carbocycles. The average Bonchev–Trinajstić information content (AvgIpc) is 3.18. The summed E-state index contributed by atoms with van der Waals surface area (Å²) in [5, 5.41) is 10.3. The number of nitrogens with one attached hydrogen (secondary N) is 2. The van der Waals surface area contributed by atoms with E-state index in [1.54, 1.807) is 17.8 Å². The van der Waals surface area contributed by atoms with E-state index in [0.717, 1.165) is 23.1 Å². The number of carbonyl (C=O) groups excluding carboxylic acids is 2. The fourth-order valence-corrected chi connectivity index (χ4v) is 3.21. The minimum atomic E-state index is -0.634. The lowest BCUT2D eigenvalue weighted by Crippen LogP contribution is -2.45. The molecule has 1 aromatic heterocycles. The summed E-state index contributed by atoms with van der Waals surface area (Å²) in [7, 11) is 0. The number of hydrogen-bond donors (Lipinski definition) is 2. The van der Waals surface area contributed by atoms with E-state index in [-0.39, 0.29) is 11.8 Å². The Balaban J connectivity index is 1.88. The summed E-state index contributed by atoms with van der Waals surface area (Å²) in [6, 6.07) is 15.5. The van der Waals surface area contributed by atoms with Gasteiger partial charge in [0.25, 0.3) is 5.91 Å². The zero-order chi connectivity index (χ0) is 22.4. The molecule has 2 aromatic carbocycles. The maximum absolute atomic E-state index is 13.1. The number of nitrogens with zero attached hydrogens (tertiary/aromatic N) is 2. The number of hydrogen-bond acceptors (Lipinski definition) is 3. The smallest absolute Gasteiger partial charge is 0.255 e. The minimum absolute atomic E-state index is 0.195. The van der Waals surface area contributed by atoms with E-state index >= 15 is 0 Å². The molecule has 1 atom stereocenters. The zero-order valence-electron chi connectivity index (χ0n) is 18.6.